The number of ether oxygens (including phenoxy) is 3. The first-order valence-corrected chi connectivity index (χ1v) is 20.5. The van der Waals surface area contributed by atoms with Gasteiger partial charge in [0, 0.05) is 43.6 Å². The Bertz CT molecular complexity index is 2040. The van der Waals surface area contributed by atoms with Crippen LogP contribution in [-0.4, -0.2) is 106 Å². The van der Waals surface area contributed by atoms with E-state index in [4.69, 9.17) is 24.2 Å². The molecule has 0 aliphatic carbocycles. The molecular formula is C43H57N9O7. The highest BCUT2D eigenvalue weighted by Crippen LogP contribution is 2.30. The molecule has 6 rings (SSSR count). The van der Waals surface area contributed by atoms with Crippen molar-refractivity contribution < 1.29 is 33.4 Å². The van der Waals surface area contributed by atoms with Crippen LogP contribution in [-0.2, 0) is 37.0 Å². The number of hydrogen-bond donors (Lipinski definition) is 4. The van der Waals surface area contributed by atoms with Crippen LogP contribution in [0.2, 0.25) is 0 Å². The van der Waals surface area contributed by atoms with Crippen LogP contribution >= 0.6 is 0 Å². The summed E-state index contributed by atoms with van der Waals surface area (Å²) in [5, 5.41) is 8.86. The SMILES string of the molecule is COC(=O)N[C@H](C(=O)N1CCCCCCOCc2[nH]c(nc2-c2ccc(-c3ccc(-c4c[nH]c(N5CCCN5C(=O)[C@@H](NC(=O)OC)C(C)C)n4)cc3)cc2)C1)C(C)C. The fourth-order valence-electron chi connectivity index (χ4n) is 7.43. The maximum atomic E-state index is 13.8. The van der Waals surface area contributed by atoms with Gasteiger partial charge in [-0.05, 0) is 42.2 Å². The van der Waals surface area contributed by atoms with E-state index in [9.17, 15) is 19.2 Å². The van der Waals surface area contributed by atoms with Crippen molar-refractivity contribution in [3.8, 4) is 33.6 Å². The van der Waals surface area contributed by atoms with Crippen molar-refractivity contribution in [2.75, 3.05) is 45.5 Å². The van der Waals surface area contributed by atoms with Crippen LogP contribution in [0.1, 0.15) is 71.3 Å². The van der Waals surface area contributed by atoms with Crippen molar-refractivity contribution in [1.82, 2.24) is 40.5 Å². The number of methoxy groups -OCH3 is 2. The lowest BCUT2D eigenvalue weighted by Gasteiger charge is -2.32. The molecule has 2 aromatic carbocycles. The van der Waals surface area contributed by atoms with Crippen molar-refractivity contribution in [1.29, 1.82) is 0 Å². The van der Waals surface area contributed by atoms with Gasteiger partial charge in [-0.1, -0.05) is 89.1 Å². The Labute approximate surface area is 345 Å². The number of imidazole rings is 2. The summed E-state index contributed by atoms with van der Waals surface area (Å²) in [5.41, 5.74) is 6.24. The van der Waals surface area contributed by atoms with Crippen molar-refractivity contribution in [3.05, 3.63) is 66.2 Å². The third-order valence-electron chi connectivity index (χ3n) is 10.7. The topological polar surface area (TPSA) is 187 Å². The zero-order valence-electron chi connectivity index (χ0n) is 34.9. The summed E-state index contributed by atoms with van der Waals surface area (Å²) in [4.78, 5) is 69.7. The summed E-state index contributed by atoms with van der Waals surface area (Å²) in [6.45, 7) is 10.5. The van der Waals surface area contributed by atoms with Crippen LogP contribution in [0.25, 0.3) is 33.6 Å². The van der Waals surface area contributed by atoms with Crippen molar-refractivity contribution in [3.63, 3.8) is 0 Å². The lowest BCUT2D eigenvalue weighted by molar-refractivity contribution is -0.135. The Kier molecular flexibility index (Phi) is 14.3. The number of nitrogens with one attached hydrogen (secondary N) is 4. The minimum Gasteiger partial charge on any atom is -0.453 e. The number of hydrazine groups is 1. The molecule has 0 saturated carbocycles. The fraction of sp³-hybridized carbons (Fsp3) is 0.488. The molecule has 2 aromatic heterocycles. The molecule has 2 aliphatic rings. The van der Waals surface area contributed by atoms with Gasteiger partial charge >= 0.3 is 12.2 Å². The number of carbonyl (C=O) groups excluding carboxylic acids is 4. The predicted molar refractivity (Wildman–Crippen MR) is 223 cm³/mol. The van der Waals surface area contributed by atoms with Gasteiger partial charge in [0.25, 0.3) is 5.91 Å². The normalized spacial score (nSPS) is 16.2. The molecule has 1 saturated heterocycles. The molecule has 4 amide bonds. The van der Waals surface area contributed by atoms with E-state index >= 15 is 0 Å². The van der Waals surface area contributed by atoms with E-state index in [-0.39, 0.29) is 30.2 Å². The number of anilines is 1. The largest absolute Gasteiger partial charge is 0.453 e. The summed E-state index contributed by atoms with van der Waals surface area (Å²) in [5.74, 6) is 0.534. The van der Waals surface area contributed by atoms with Crippen LogP contribution in [0.3, 0.4) is 0 Å². The summed E-state index contributed by atoms with van der Waals surface area (Å²) in [7, 11) is 2.57. The number of carbonyl (C=O) groups is 4. The molecule has 16 heteroatoms. The van der Waals surface area contributed by atoms with Gasteiger partial charge < -0.3 is 39.7 Å². The molecule has 59 heavy (non-hydrogen) atoms. The van der Waals surface area contributed by atoms with Gasteiger partial charge in [0.15, 0.2) is 0 Å². The average molecular weight is 812 g/mol. The summed E-state index contributed by atoms with van der Waals surface area (Å²) in [6.07, 6.45) is 5.04. The zero-order valence-corrected chi connectivity index (χ0v) is 34.9. The highest BCUT2D eigenvalue weighted by atomic mass is 16.5. The summed E-state index contributed by atoms with van der Waals surface area (Å²) in [6, 6.07) is 14.9. The molecule has 16 nitrogen and oxygen atoms in total. The lowest BCUT2D eigenvalue weighted by atomic mass is 10.0. The number of benzene rings is 2. The van der Waals surface area contributed by atoms with E-state index in [0.717, 1.165) is 71.4 Å². The van der Waals surface area contributed by atoms with Crippen LogP contribution in [0.5, 0.6) is 0 Å². The van der Waals surface area contributed by atoms with Crippen molar-refractivity contribution in [2.24, 2.45) is 11.8 Å². The molecule has 1 fully saturated rings. The fourth-order valence-corrected chi connectivity index (χ4v) is 7.43. The Morgan fingerprint density at radius 1 is 0.712 bits per heavy atom. The molecule has 2 aliphatic heterocycles. The molecule has 2 bridgehead atoms. The third-order valence-corrected chi connectivity index (χ3v) is 10.7. The molecule has 0 spiro atoms. The number of nitrogens with zero attached hydrogens (tertiary/aromatic N) is 5. The second-order valence-electron chi connectivity index (χ2n) is 15.7. The maximum Gasteiger partial charge on any atom is 0.407 e. The number of hydrogen-bond acceptors (Lipinski definition) is 10. The first-order chi connectivity index (χ1) is 28.5. The van der Waals surface area contributed by atoms with Crippen LogP contribution < -0.4 is 15.6 Å². The predicted octanol–water partition coefficient (Wildman–Crippen LogP) is 6.27. The van der Waals surface area contributed by atoms with E-state index in [1.54, 1.807) is 9.91 Å². The van der Waals surface area contributed by atoms with Crippen molar-refractivity contribution in [2.45, 2.75) is 85.0 Å². The standard InChI is InChI=1S/C43H57N9O7/c1-27(2)36(48-42(55)57-5)39(53)50-20-9-7-8-10-23-59-26-34-38(47-35(25-50)45-34)32-18-14-30(15-19-32)29-12-16-31(17-13-29)33-24-44-41(46-33)52-22-11-21-51(52)40(54)37(28(3)4)49-43(56)58-6/h12-19,24,27-28,36-37H,7-11,20-23,25-26H2,1-6H3,(H,44,46)(H,45,47)(H,48,55)(H,49,56)/t36-,37-/m0/s1. The van der Waals surface area contributed by atoms with Crippen LogP contribution in [0.15, 0.2) is 54.7 Å². The van der Waals surface area contributed by atoms with Gasteiger partial charge in [-0.15, -0.1) is 0 Å². The van der Waals surface area contributed by atoms with E-state index < -0.39 is 24.3 Å². The Morgan fingerprint density at radius 3 is 1.93 bits per heavy atom. The van der Waals surface area contributed by atoms with Crippen LogP contribution in [0, 0.1) is 11.8 Å². The number of amides is 4. The molecule has 0 radical (unpaired) electrons. The minimum absolute atomic E-state index is 0.136. The molecule has 4 aromatic rings. The summed E-state index contributed by atoms with van der Waals surface area (Å²) >= 11 is 0. The third kappa shape index (κ3) is 10.4. The first-order valence-electron chi connectivity index (χ1n) is 20.5. The number of rotatable bonds is 10. The smallest absolute Gasteiger partial charge is 0.407 e. The van der Waals surface area contributed by atoms with Crippen molar-refractivity contribution >= 4 is 29.9 Å². The number of alkyl carbamates (subject to hydrolysis) is 2. The van der Waals surface area contributed by atoms with Gasteiger partial charge in [0.1, 0.15) is 17.9 Å². The minimum atomic E-state index is -0.736. The summed E-state index contributed by atoms with van der Waals surface area (Å²) < 4.78 is 15.6. The van der Waals surface area contributed by atoms with E-state index in [2.05, 4.69) is 44.9 Å². The highest BCUT2D eigenvalue weighted by molar-refractivity contribution is 5.87. The van der Waals surface area contributed by atoms with E-state index in [1.165, 1.54) is 14.2 Å². The number of aromatic nitrogens is 4. The maximum absolute atomic E-state index is 13.8. The van der Waals surface area contributed by atoms with E-state index in [0.29, 0.717) is 44.6 Å². The van der Waals surface area contributed by atoms with Gasteiger partial charge in [-0.2, -0.15) is 0 Å². The molecule has 4 N–H and O–H groups in total. The molecule has 316 valence electrons. The monoisotopic (exact) mass is 811 g/mol. The number of fused-ring (bicyclic) bond motifs is 2. The molecule has 4 heterocycles. The van der Waals surface area contributed by atoms with Crippen LogP contribution in [0.4, 0.5) is 15.5 Å². The Balaban J connectivity index is 1.16. The second-order valence-corrected chi connectivity index (χ2v) is 15.7. The van der Waals surface area contributed by atoms with E-state index in [1.807, 2.05) is 63.2 Å². The number of H-pyrrole nitrogens is 2. The molecule has 2 atom stereocenters. The molecule has 0 unspecified atom stereocenters. The van der Waals surface area contributed by atoms with Gasteiger partial charge in [-0.25, -0.2) is 24.6 Å². The van der Waals surface area contributed by atoms with Gasteiger partial charge in [-0.3, -0.25) is 14.6 Å². The first kappa shape index (κ1) is 42.7. The Hall–Kier alpha value is -5.90. The molecular weight excluding hydrogens is 755 g/mol. The lowest BCUT2D eigenvalue weighted by Crippen LogP contribution is -2.54. The van der Waals surface area contributed by atoms with Gasteiger partial charge in [0.05, 0.1) is 44.5 Å². The quantitative estimate of drug-likeness (QED) is 0.142. The van der Waals surface area contributed by atoms with Gasteiger partial charge in [0.2, 0.25) is 11.9 Å². The zero-order chi connectivity index (χ0) is 42.1. The average Bonchev–Trinajstić information content (AvgIpc) is 4.02. The highest BCUT2D eigenvalue weighted by Gasteiger charge is 2.36. The second kappa shape index (κ2) is 19.7. The number of aromatic amines is 2. The Morgan fingerprint density at radius 2 is 1.31 bits per heavy atom.